The molecule has 0 aliphatic heterocycles. The SMILES string of the molecule is COc1cccc(C(=O)C(C)N)c1.Cl. The molecule has 3 nitrogen and oxygen atoms in total. The van der Waals surface area contributed by atoms with Gasteiger partial charge in [0.15, 0.2) is 5.78 Å². The molecular weight excluding hydrogens is 202 g/mol. The molecule has 78 valence electrons. The molecule has 0 aliphatic carbocycles. The zero-order chi connectivity index (χ0) is 9.84. The van der Waals surface area contributed by atoms with Crippen molar-refractivity contribution in [3.05, 3.63) is 29.8 Å². The summed E-state index contributed by atoms with van der Waals surface area (Å²) in [5, 5.41) is 0. The van der Waals surface area contributed by atoms with Gasteiger partial charge in [-0.25, -0.2) is 0 Å². The van der Waals surface area contributed by atoms with Crippen LogP contribution in [0.3, 0.4) is 0 Å². The quantitative estimate of drug-likeness (QED) is 0.781. The third-order valence-corrected chi connectivity index (χ3v) is 1.77. The van der Waals surface area contributed by atoms with E-state index in [-0.39, 0.29) is 18.2 Å². The van der Waals surface area contributed by atoms with Crippen molar-refractivity contribution in [3.8, 4) is 5.75 Å². The van der Waals surface area contributed by atoms with Crippen LogP contribution < -0.4 is 10.5 Å². The third kappa shape index (κ3) is 3.01. The summed E-state index contributed by atoms with van der Waals surface area (Å²) in [6.45, 7) is 1.67. The van der Waals surface area contributed by atoms with Crippen LogP contribution in [0.5, 0.6) is 5.75 Å². The number of rotatable bonds is 3. The monoisotopic (exact) mass is 215 g/mol. The Morgan fingerprint density at radius 3 is 2.64 bits per heavy atom. The van der Waals surface area contributed by atoms with Gasteiger partial charge < -0.3 is 10.5 Å². The predicted octanol–water partition coefficient (Wildman–Crippen LogP) is 1.65. The minimum Gasteiger partial charge on any atom is -0.497 e. The van der Waals surface area contributed by atoms with Crippen LogP contribution in [-0.4, -0.2) is 18.9 Å². The summed E-state index contributed by atoms with van der Waals surface area (Å²) in [6.07, 6.45) is 0. The predicted molar refractivity (Wildman–Crippen MR) is 58.2 cm³/mol. The molecule has 0 saturated carbocycles. The van der Waals surface area contributed by atoms with Gasteiger partial charge in [-0.3, -0.25) is 4.79 Å². The number of halogens is 1. The van der Waals surface area contributed by atoms with E-state index in [1.165, 1.54) is 0 Å². The second-order valence-electron chi connectivity index (χ2n) is 2.88. The van der Waals surface area contributed by atoms with Crippen LogP contribution in [0.1, 0.15) is 17.3 Å². The maximum absolute atomic E-state index is 11.4. The fourth-order valence-electron chi connectivity index (χ4n) is 1.04. The van der Waals surface area contributed by atoms with Crippen molar-refractivity contribution >= 4 is 18.2 Å². The van der Waals surface area contributed by atoms with Gasteiger partial charge in [-0.1, -0.05) is 12.1 Å². The van der Waals surface area contributed by atoms with Crippen molar-refractivity contribution in [2.45, 2.75) is 13.0 Å². The number of hydrogen-bond acceptors (Lipinski definition) is 3. The van der Waals surface area contributed by atoms with Gasteiger partial charge in [-0.15, -0.1) is 12.4 Å². The minimum absolute atomic E-state index is 0. The van der Waals surface area contributed by atoms with Gasteiger partial charge in [-0.2, -0.15) is 0 Å². The van der Waals surface area contributed by atoms with Crippen molar-refractivity contribution < 1.29 is 9.53 Å². The molecule has 1 unspecified atom stereocenters. The zero-order valence-electron chi connectivity index (χ0n) is 8.19. The number of carbonyl (C=O) groups is 1. The molecule has 2 N–H and O–H groups in total. The summed E-state index contributed by atoms with van der Waals surface area (Å²) < 4.78 is 4.99. The number of methoxy groups -OCH3 is 1. The van der Waals surface area contributed by atoms with Crippen LogP contribution in [-0.2, 0) is 0 Å². The Balaban J connectivity index is 0.00000169. The lowest BCUT2D eigenvalue weighted by Gasteiger charge is -2.05. The molecular formula is C10H14ClNO2. The van der Waals surface area contributed by atoms with Crippen molar-refractivity contribution in [3.63, 3.8) is 0 Å². The van der Waals surface area contributed by atoms with Crippen LogP contribution in [0.4, 0.5) is 0 Å². The first kappa shape index (κ1) is 12.9. The highest BCUT2D eigenvalue weighted by Crippen LogP contribution is 2.13. The normalized spacial score (nSPS) is 11.4. The van der Waals surface area contributed by atoms with E-state index in [0.717, 1.165) is 0 Å². The Bertz CT molecular complexity index is 313. The molecule has 4 heteroatoms. The number of carbonyl (C=O) groups excluding carboxylic acids is 1. The van der Waals surface area contributed by atoms with E-state index in [1.807, 2.05) is 0 Å². The maximum atomic E-state index is 11.4. The van der Waals surface area contributed by atoms with Gasteiger partial charge in [0.25, 0.3) is 0 Å². The fraction of sp³-hybridized carbons (Fsp3) is 0.300. The Kier molecular flexibility index (Phi) is 5.20. The van der Waals surface area contributed by atoms with Gasteiger partial charge >= 0.3 is 0 Å². The molecule has 0 fully saturated rings. The van der Waals surface area contributed by atoms with E-state index in [1.54, 1.807) is 38.3 Å². The van der Waals surface area contributed by atoms with Crippen LogP contribution in [0.2, 0.25) is 0 Å². The molecule has 0 bridgehead atoms. The van der Waals surface area contributed by atoms with Gasteiger partial charge in [0.05, 0.1) is 13.2 Å². The van der Waals surface area contributed by atoms with Gasteiger partial charge in [0.1, 0.15) is 5.75 Å². The Hall–Kier alpha value is -1.06. The molecule has 0 heterocycles. The number of ether oxygens (including phenoxy) is 1. The molecule has 0 spiro atoms. The van der Waals surface area contributed by atoms with E-state index < -0.39 is 6.04 Å². The Morgan fingerprint density at radius 1 is 1.50 bits per heavy atom. The average molecular weight is 216 g/mol. The molecule has 0 amide bonds. The smallest absolute Gasteiger partial charge is 0.179 e. The number of nitrogens with two attached hydrogens (primary N) is 1. The summed E-state index contributed by atoms with van der Waals surface area (Å²) in [6, 6.07) is 6.51. The third-order valence-electron chi connectivity index (χ3n) is 1.77. The lowest BCUT2D eigenvalue weighted by molar-refractivity contribution is 0.0967. The second-order valence-corrected chi connectivity index (χ2v) is 2.88. The van der Waals surface area contributed by atoms with E-state index >= 15 is 0 Å². The number of ketones is 1. The highest BCUT2D eigenvalue weighted by atomic mass is 35.5. The van der Waals surface area contributed by atoms with Gasteiger partial charge in [-0.05, 0) is 19.1 Å². The van der Waals surface area contributed by atoms with Crippen LogP contribution in [0, 0.1) is 0 Å². The second kappa shape index (κ2) is 5.62. The molecule has 1 rings (SSSR count). The van der Waals surface area contributed by atoms with Crippen LogP contribution >= 0.6 is 12.4 Å². The molecule has 0 aromatic heterocycles. The Labute approximate surface area is 89.7 Å². The summed E-state index contributed by atoms with van der Waals surface area (Å²) >= 11 is 0. The largest absolute Gasteiger partial charge is 0.497 e. The minimum atomic E-state index is -0.466. The van der Waals surface area contributed by atoms with Crippen LogP contribution in [0.25, 0.3) is 0 Å². The lowest BCUT2D eigenvalue weighted by Crippen LogP contribution is -2.26. The Morgan fingerprint density at radius 2 is 2.14 bits per heavy atom. The summed E-state index contributed by atoms with van der Waals surface area (Å²) in [7, 11) is 1.56. The van der Waals surface area contributed by atoms with E-state index in [9.17, 15) is 4.79 Å². The first-order valence-corrected chi connectivity index (χ1v) is 4.09. The number of benzene rings is 1. The van der Waals surface area contributed by atoms with Crippen molar-refractivity contribution in [1.29, 1.82) is 0 Å². The summed E-state index contributed by atoms with van der Waals surface area (Å²) in [5.41, 5.74) is 6.06. The topological polar surface area (TPSA) is 52.3 Å². The first-order valence-electron chi connectivity index (χ1n) is 4.09. The van der Waals surface area contributed by atoms with Gasteiger partial charge in [0.2, 0.25) is 0 Å². The molecule has 0 aliphatic rings. The summed E-state index contributed by atoms with van der Waals surface area (Å²) in [5.74, 6) is 0.602. The fourth-order valence-corrected chi connectivity index (χ4v) is 1.04. The standard InChI is InChI=1S/C10H13NO2.ClH/c1-7(11)10(12)8-4-3-5-9(6-8)13-2;/h3-7H,11H2,1-2H3;1H. The van der Waals surface area contributed by atoms with E-state index in [2.05, 4.69) is 0 Å². The highest BCUT2D eigenvalue weighted by molar-refractivity contribution is 5.99. The number of hydrogen-bond donors (Lipinski definition) is 1. The number of Topliss-reactive ketones (excluding diaryl/α,β-unsaturated/α-hetero) is 1. The molecule has 0 radical (unpaired) electrons. The average Bonchev–Trinajstić information content (AvgIpc) is 2.16. The highest BCUT2D eigenvalue weighted by Gasteiger charge is 2.10. The zero-order valence-corrected chi connectivity index (χ0v) is 9.01. The van der Waals surface area contributed by atoms with Gasteiger partial charge in [0, 0.05) is 5.56 Å². The van der Waals surface area contributed by atoms with Crippen molar-refractivity contribution in [2.24, 2.45) is 5.73 Å². The van der Waals surface area contributed by atoms with Crippen molar-refractivity contribution in [2.75, 3.05) is 7.11 Å². The molecule has 1 atom stereocenters. The molecule has 14 heavy (non-hydrogen) atoms. The molecule has 1 aromatic rings. The lowest BCUT2D eigenvalue weighted by atomic mass is 10.1. The molecule has 0 saturated heterocycles. The summed E-state index contributed by atoms with van der Waals surface area (Å²) in [4.78, 5) is 11.4. The van der Waals surface area contributed by atoms with Crippen molar-refractivity contribution in [1.82, 2.24) is 0 Å². The first-order chi connectivity index (χ1) is 6.15. The molecule has 1 aromatic carbocycles. The van der Waals surface area contributed by atoms with Crippen LogP contribution in [0.15, 0.2) is 24.3 Å². The van der Waals surface area contributed by atoms with E-state index in [4.69, 9.17) is 10.5 Å². The maximum Gasteiger partial charge on any atom is 0.179 e. The van der Waals surface area contributed by atoms with E-state index in [0.29, 0.717) is 11.3 Å².